The van der Waals surface area contributed by atoms with Crippen LogP contribution >= 0.6 is 11.6 Å². The molecule has 0 bridgehead atoms. The number of hydrogen-bond acceptors (Lipinski definition) is 2. The van der Waals surface area contributed by atoms with Gasteiger partial charge in [-0.25, -0.2) is 0 Å². The first-order valence-electron chi connectivity index (χ1n) is 4.80. The number of hydrogen-bond donors (Lipinski definition) is 0. The minimum Gasteiger partial charge on any atom is -0.300 e. The molecule has 15 heavy (non-hydrogen) atoms. The van der Waals surface area contributed by atoms with Crippen molar-refractivity contribution in [1.82, 2.24) is 0 Å². The van der Waals surface area contributed by atoms with E-state index < -0.39 is 0 Å². The first-order valence-corrected chi connectivity index (χ1v) is 5.17. The van der Waals surface area contributed by atoms with Gasteiger partial charge in [0.2, 0.25) is 0 Å². The summed E-state index contributed by atoms with van der Waals surface area (Å²) < 4.78 is 0. The molecule has 2 nitrogen and oxygen atoms in total. The Morgan fingerprint density at radius 3 is 2.60 bits per heavy atom. The van der Waals surface area contributed by atoms with Gasteiger partial charge in [-0.3, -0.25) is 4.79 Å². The van der Waals surface area contributed by atoms with Crippen molar-refractivity contribution < 1.29 is 9.59 Å². The van der Waals surface area contributed by atoms with Crippen molar-refractivity contribution >= 4 is 23.2 Å². The van der Waals surface area contributed by atoms with Gasteiger partial charge in [-0.2, -0.15) is 0 Å². The molecule has 3 heteroatoms. The summed E-state index contributed by atoms with van der Waals surface area (Å²) in [4.78, 5) is 22.7. The van der Waals surface area contributed by atoms with Crippen molar-refractivity contribution in [2.45, 2.75) is 20.3 Å². The summed E-state index contributed by atoms with van der Waals surface area (Å²) >= 11 is 5.78. The highest BCUT2D eigenvalue weighted by Crippen LogP contribution is 2.16. The molecule has 0 saturated carbocycles. The number of benzene rings is 1. The number of rotatable bonds is 4. The van der Waals surface area contributed by atoms with E-state index in [1.54, 1.807) is 31.2 Å². The maximum absolute atomic E-state index is 11.8. The van der Waals surface area contributed by atoms with E-state index in [0.29, 0.717) is 10.6 Å². The summed E-state index contributed by atoms with van der Waals surface area (Å²) in [5.41, 5.74) is 0.566. The zero-order chi connectivity index (χ0) is 11.4. The number of carbonyl (C=O) groups is 2. The molecule has 0 amide bonds. The zero-order valence-electron chi connectivity index (χ0n) is 8.79. The molecule has 80 valence electrons. The Balaban J connectivity index is 2.80. The molecule has 0 N–H and O–H groups in total. The van der Waals surface area contributed by atoms with Crippen LogP contribution in [-0.4, -0.2) is 11.6 Å². The van der Waals surface area contributed by atoms with Crippen LogP contribution in [0.4, 0.5) is 0 Å². The number of ketones is 2. The number of carbonyl (C=O) groups excluding carboxylic acids is 2. The molecule has 0 aliphatic heterocycles. The van der Waals surface area contributed by atoms with Gasteiger partial charge >= 0.3 is 0 Å². The first kappa shape index (κ1) is 11.9. The third-order valence-electron chi connectivity index (χ3n) is 2.15. The summed E-state index contributed by atoms with van der Waals surface area (Å²) in [6.45, 7) is 3.24. The van der Waals surface area contributed by atoms with E-state index in [9.17, 15) is 9.59 Å². The van der Waals surface area contributed by atoms with Crippen LogP contribution in [0.5, 0.6) is 0 Å². The van der Waals surface area contributed by atoms with E-state index >= 15 is 0 Å². The van der Waals surface area contributed by atoms with Crippen LogP contribution < -0.4 is 0 Å². The second-order valence-electron chi connectivity index (χ2n) is 3.68. The summed E-state index contributed by atoms with van der Waals surface area (Å²) in [5, 5.41) is 0.538. The van der Waals surface area contributed by atoms with Crippen molar-refractivity contribution in [2.75, 3.05) is 0 Å². The molecule has 0 spiro atoms. The van der Waals surface area contributed by atoms with E-state index in [4.69, 9.17) is 11.6 Å². The quantitative estimate of drug-likeness (QED) is 0.737. The fraction of sp³-hybridized carbons (Fsp3) is 0.333. The smallest absolute Gasteiger partial charge is 0.166 e. The molecule has 0 fully saturated rings. The average molecular weight is 225 g/mol. The Labute approximate surface area is 94.2 Å². The van der Waals surface area contributed by atoms with Crippen LogP contribution in [-0.2, 0) is 4.79 Å². The lowest BCUT2D eigenvalue weighted by molar-refractivity contribution is -0.117. The second kappa shape index (κ2) is 5.08. The van der Waals surface area contributed by atoms with Crippen LogP contribution in [0, 0.1) is 5.92 Å². The average Bonchev–Trinajstić information content (AvgIpc) is 2.15. The molecular weight excluding hydrogens is 212 g/mol. The first-order chi connectivity index (χ1) is 7.00. The SMILES string of the molecule is CC(=O)CC(C)C(=O)c1cccc(Cl)c1. The largest absolute Gasteiger partial charge is 0.300 e. The Bertz CT molecular complexity index is 385. The summed E-state index contributed by atoms with van der Waals surface area (Å²) in [7, 11) is 0. The van der Waals surface area contributed by atoms with Gasteiger partial charge in [-0.1, -0.05) is 30.7 Å². The van der Waals surface area contributed by atoms with Crippen molar-refractivity contribution in [2.24, 2.45) is 5.92 Å². The third-order valence-corrected chi connectivity index (χ3v) is 2.39. The molecule has 0 radical (unpaired) electrons. The molecule has 0 aliphatic carbocycles. The zero-order valence-corrected chi connectivity index (χ0v) is 9.54. The molecule has 1 atom stereocenters. The number of halogens is 1. The lowest BCUT2D eigenvalue weighted by atomic mass is 9.95. The molecule has 0 heterocycles. The molecule has 0 aliphatic rings. The summed E-state index contributed by atoms with van der Waals surface area (Å²) in [6, 6.07) is 6.79. The van der Waals surface area contributed by atoms with E-state index in [1.807, 2.05) is 0 Å². The fourth-order valence-electron chi connectivity index (χ4n) is 1.45. The minimum absolute atomic E-state index is 0.0258. The lowest BCUT2D eigenvalue weighted by Gasteiger charge is -2.08. The predicted molar refractivity (Wildman–Crippen MR) is 60.2 cm³/mol. The highest BCUT2D eigenvalue weighted by atomic mass is 35.5. The monoisotopic (exact) mass is 224 g/mol. The predicted octanol–water partition coefficient (Wildman–Crippen LogP) is 3.14. The Morgan fingerprint density at radius 2 is 2.07 bits per heavy atom. The molecule has 0 saturated heterocycles. The van der Waals surface area contributed by atoms with Crippen molar-refractivity contribution in [3.63, 3.8) is 0 Å². The Hall–Kier alpha value is -1.15. The van der Waals surface area contributed by atoms with Crippen LogP contribution in [0.3, 0.4) is 0 Å². The lowest BCUT2D eigenvalue weighted by Crippen LogP contribution is -2.14. The summed E-state index contributed by atoms with van der Waals surface area (Å²) in [5.74, 6) is -0.286. The summed E-state index contributed by atoms with van der Waals surface area (Å²) in [6.07, 6.45) is 0.283. The maximum Gasteiger partial charge on any atom is 0.166 e. The van der Waals surface area contributed by atoms with Crippen LogP contribution in [0.25, 0.3) is 0 Å². The van der Waals surface area contributed by atoms with Gasteiger partial charge in [0.25, 0.3) is 0 Å². The highest BCUT2D eigenvalue weighted by molar-refractivity contribution is 6.31. The van der Waals surface area contributed by atoms with Gasteiger partial charge in [0.05, 0.1) is 0 Å². The van der Waals surface area contributed by atoms with Crippen molar-refractivity contribution in [3.05, 3.63) is 34.9 Å². The molecule has 1 aromatic rings. The molecular formula is C12H13ClO2. The fourth-order valence-corrected chi connectivity index (χ4v) is 1.64. The number of Topliss-reactive ketones (excluding diaryl/α,β-unsaturated/α-hetero) is 2. The molecule has 1 unspecified atom stereocenters. The van der Waals surface area contributed by atoms with Gasteiger partial charge in [0.1, 0.15) is 5.78 Å². The van der Waals surface area contributed by atoms with E-state index in [0.717, 1.165) is 0 Å². The maximum atomic E-state index is 11.8. The molecule has 0 aromatic heterocycles. The molecule has 1 rings (SSSR count). The van der Waals surface area contributed by atoms with E-state index in [-0.39, 0.29) is 23.9 Å². The van der Waals surface area contributed by atoms with Gasteiger partial charge in [-0.15, -0.1) is 0 Å². The highest BCUT2D eigenvalue weighted by Gasteiger charge is 2.16. The van der Waals surface area contributed by atoms with Crippen LogP contribution in [0.2, 0.25) is 5.02 Å². The van der Waals surface area contributed by atoms with Gasteiger partial charge < -0.3 is 4.79 Å². The van der Waals surface area contributed by atoms with Gasteiger partial charge in [0.15, 0.2) is 5.78 Å². The second-order valence-corrected chi connectivity index (χ2v) is 4.12. The van der Waals surface area contributed by atoms with Gasteiger partial charge in [0, 0.05) is 22.9 Å². The Morgan fingerprint density at radius 1 is 1.40 bits per heavy atom. The van der Waals surface area contributed by atoms with Crippen LogP contribution in [0.1, 0.15) is 30.6 Å². The topological polar surface area (TPSA) is 34.1 Å². The van der Waals surface area contributed by atoms with E-state index in [1.165, 1.54) is 6.92 Å². The molecule has 1 aromatic carbocycles. The van der Waals surface area contributed by atoms with Crippen molar-refractivity contribution in [1.29, 1.82) is 0 Å². The minimum atomic E-state index is -0.277. The third kappa shape index (κ3) is 3.48. The Kier molecular flexibility index (Phi) is 4.04. The van der Waals surface area contributed by atoms with Crippen molar-refractivity contribution in [3.8, 4) is 0 Å². The van der Waals surface area contributed by atoms with E-state index in [2.05, 4.69) is 0 Å². The van der Waals surface area contributed by atoms with Crippen LogP contribution in [0.15, 0.2) is 24.3 Å². The van der Waals surface area contributed by atoms with Gasteiger partial charge in [-0.05, 0) is 19.1 Å². The standard InChI is InChI=1S/C12H13ClO2/c1-8(6-9(2)14)12(15)10-4-3-5-11(13)7-10/h3-5,7-8H,6H2,1-2H3. The normalized spacial score (nSPS) is 12.2.